The average molecular weight is 931 g/mol. The van der Waals surface area contributed by atoms with Gasteiger partial charge in [0, 0.05) is 93.1 Å². The minimum absolute atomic E-state index is 0.00220. The molecule has 67 heavy (non-hydrogen) atoms. The second kappa shape index (κ2) is 18.1. The molecule has 4 aliphatic heterocycles. The number of carbonyl (C=O) groups is 2. The van der Waals surface area contributed by atoms with Crippen LogP contribution in [0.25, 0.3) is 22.3 Å². The monoisotopic (exact) mass is 930 g/mol. The van der Waals surface area contributed by atoms with Gasteiger partial charge in [0.2, 0.25) is 0 Å². The number of benzene rings is 2. The number of ether oxygens (including phenoxy) is 2. The Kier molecular flexibility index (Phi) is 12.1. The third kappa shape index (κ3) is 8.45. The number of aromatic nitrogens is 4. The summed E-state index contributed by atoms with van der Waals surface area (Å²) >= 11 is 6.16. The predicted molar refractivity (Wildman–Crippen MR) is 245 cm³/mol. The minimum atomic E-state index is -1.91. The number of rotatable bonds is 10. The number of hydrogen-bond acceptors (Lipinski definition) is 16. The Morgan fingerprint density at radius 1 is 0.985 bits per heavy atom. The van der Waals surface area contributed by atoms with Crippen LogP contribution in [0.2, 0.25) is 5.02 Å². The number of esters is 1. The fourth-order valence-corrected chi connectivity index (χ4v) is 10.3. The number of nitriles is 1. The lowest BCUT2D eigenvalue weighted by Crippen LogP contribution is -2.59. The summed E-state index contributed by atoms with van der Waals surface area (Å²) in [6, 6.07) is 17.7. The normalized spacial score (nSPS) is 22.6. The second-order valence-corrected chi connectivity index (χ2v) is 18.4. The summed E-state index contributed by atoms with van der Waals surface area (Å²) in [7, 11) is 0. The molecule has 0 radical (unpaired) electrons. The number of carbonyl (C=O) groups excluding carboxylic acids is 2. The second-order valence-electron chi connectivity index (χ2n) is 18.0. The number of piperazine rings is 2. The first-order chi connectivity index (χ1) is 32.4. The van der Waals surface area contributed by atoms with Gasteiger partial charge >= 0.3 is 5.97 Å². The van der Waals surface area contributed by atoms with Gasteiger partial charge in [-0.05, 0) is 80.6 Å². The fraction of sp³-hybridized carbons (Fsp3) is 0.438. The highest BCUT2D eigenvalue weighted by molar-refractivity contribution is 6.31. The van der Waals surface area contributed by atoms with Crippen LogP contribution in [0, 0.1) is 11.3 Å². The molecule has 1 amide bonds. The molecule has 18 nitrogen and oxygen atoms in total. The first kappa shape index (κ1) is 44.6. The van der Waals surface area contributed by atoms with Crippen molar-refractivity contribution in [3.05, 3.63) is 103 Å². The number of nitrogens with one attached hydrogen (secondary N) is 1. The molecule has 3 aromatic heterocycles. The summed E-state index contributed by atoms with van der Waals surface area (Å²) in [5.41, 5.74) is 2.28. The van der Waals surface area contributed by atoms with E-state index in [0.29, 0.717) is 98.0 Å². The molecule has 1 unspecified atom stereocenters. The van der Waals surface area contributed by atoms with Crippen molar-refractivity contribution in [1.29, 1.82) is 5.26 Å². The summed E-state index contributed by atoms with van der Waals surface area (Å²) < 4.78 is 12.9. The van der Waals surface area contributed by atoms with E-state index in [-0.39, 0.29) is 65.8 Å². The van der Waals surface area contributed by atoms with Crippen LogP contribution in [0.4, 0.5) is 5.82 Å². The Bertz CT molecular complexity index is 2850. The Balaban J connectivity index is 0.701. The molecule has 1 saturated carbocycles. The van der Waals surface area contributed by atoms with Crippen molar-refractivity contribution in [2.24, 2.45) is 0 Å². The van der Waals surface area contributed by atoms with Crippen LogP contribution in [-0.4, -0.2) is 132 Å². The molecule has 5 aromatic rings. The maximum Gasteiger partial charge on any atom is 0.343 e. The van der Waals surface area contributed by atoms with Gasteiger partial charge in [-0.1, -0.05) is 18.5 Å². The molecule has 348 valence electrons. The molecule has 10 rings (SSSR count). The van der Waals surface area contributed by atoms with E-state index in [4.69, 9.17) is 31.3 Å². The quantitative estimate of drug-likeness (QED) is 0.145. The number of nitrogens with zero attached hydrogens (tertiary/aromatic N) is 9. The number of phenols is 1. The topological polar surface area (TPSA) is 223 Å². The minimum Gasteiger partial charge on any atom is -0.508 e. The van der Waals surface area contributed by atoms with E-state index in [0.717, 1.165) is 42.2 Å². The van der Waals surface area contributed by atoms with Crippen LogP contribution >= 0.6 is 11.6 Å². The Labute approximate surface area is 390 Å². The van der Waals surface area contributed by atoms with E-state index in [1.54, 1.807) is 54.0 Å². The molecule has 2 atom stereocenters. The zero-order valence-corrected chi connectivity index (χ0v) is 37.8. The van der Waals surface area contributed by atoms with Crippen molar-refractivity contribution in [3.8, 4) is 29.0 Å². The summed E-state index contributed by atoms with van der Waals surface area (Å²) in [5.74, 6) is 0.417. The van der Waals surface area contributed by atoms with Crippen molar-refractivity contribution >= 4 is 40.2 Å². The number of pyridine rings is 2. The highest BCUT2D eigenvalue weighted by atomic mass is 35.5. The van der Waals surface area contributed by atoms with E-state index in [2.05, 4.69) is 35.1 Å². The number of anilines is 1. The first-order valence-electron chi connectivity index (χ1n) is 22.9. The molecule has 19 heteroatoms. The number of aromatic hydroxyl groups is 1. The zero-order valence-electron chi connectivity index (χ0n) is 37.0. The van der Waals surface area contributed by atoms with Gasteiger partial charge in [0.1, 0.15) is 24.2 Å². The molecular formula is C48H51ClN10O8. The number of fused-ring (bicyclic) bond motifs is 5. The molecule has 4 N–H and O–H groups in total. The standard InChI is InChI=1S/C48H51ClN10O8/c1-2-48(65)36-23-40-43-29(25-59(40)45(62)35(36)27-66-46(48)63)21-33-34(41(60)11-9-38(33)52-43)26-55-13-15-57(16-14-55)47(64)58-19-17-56(18-20-58)42-12-10-39(53-54-42)44(61)51-30-4-7-31(8-5-30)67-32-6-3-28(24-50)37(49)22-32/h3,6,9-12,21-23,30-31,47,60,64-65H,2,4-5,7-8,13-20,25-27H2,1H3,(H,51,61)/t30?,31?,47?,48-/m0/s1. The summed E-state index contributed by atoms with van der Waals surface area (Å²) in [5, 5.41) is 55.9. The highest BCUT2D eigenvalue weighted by Gasteiger charge is 2.45. The van der Waals surface area contributed by atoms with Crippen LogP contribution in [-0.2, 0) is 34.8 Å². The average Bonchev–Trinajstić information content (AvgIpc) is 3.71. The smallest absolute Gasteiger partial charge is 0.343 e. The number of amides is 1. The lowest BCUT2D eigenvalue weighted by molar-refractivity contribution is -0.172. The lowest BCUT2D eigenvalue weighted by atomic mass is 9.86. The molecule has 7 heterocycles. The molecule has 2 aromatic carbocycles. The van der Waals surface area contributed by atoms with Gasteiger partial charge in [-0.3, -0.25) is 24.3 Å². The van der Waals surface area contributed by atoms with Crippen LogP contribution < -0.4 is 20.5 Å². The van der Waals surface area contributed by atoms with E-state index in [9.17, 15) is 29.7 Å². The van der Waals surface area contributed by atoms with E-state index in [1.165, 1.54) is 0 Å². The lowest BCUT2D eigenvalue weighted by Gasteiger charge is -2.44. The van der Waals surface area contributed by atoms with Gasteiger partial charge < -0.3 is 39.6 Å². The Morgan fingerprint density at radius 3 is 2.42 bits per heavy atom. The van der Waals surface area contributed by atoms with Crippen molar-refractivity contribution in [3.63, 3.8) is 0 Å². The SMILES string of the molecule is CC[C@@]1(O)C(=O)OCc2c1cc1n(c2=O)Cc2cc3c(CN4CCN(C(O)N5CCN(c6ccc(C(=O)NC7CCC(Oc8ccc(C#N)c(Cl)c8)CC7)nn6)CC5)CC4)c(O)ccc3nc2-1. The first-order valence-corrected chi connectivity index (χ1v) is 23.2. The third-order valence-electron chi connectivity index (χ3n) is 14.1. The van der Waals surface area contributed by atoms with E-state index in [1.807, 2.05) is 18.2 Å². The largest absolute Gasteiger partial charge is 0.508 e. The predicted octanol–water partition coefficient (Wildman–Crippen LogP) is 3.44. The van der Waals surface area contributed by atoms with Crippen LogP contribution in [0.5, 0.6) is 11.5 Å². The Morgan fingerprint density at radius 2 is 1.73 bits per heavy atom. The van der Waals surface area contributed by atoms with Crippen LogP contribution in [0.1, 0.15) is 77.3 Å². The number of phenolic OH excluding ortho intramolecular Hbond substituents is 1. The van der Waals surface area contributed by atoms with Crippen LogP contribution in [0.15, 0.2) is 59.4 Å². The summed E-state index contributed by atoms with van der Waals surface area (Å²) in [6.07, 6.45) is 2.35. The maximum absolute atomic E-state index is 13.7. The zero-order chi connectivity index (χ0) is 46.6. The number of aliphatic hydroxyl groups is 2. The van der Waals surface area contributed by atoms with Gasteiger partial charge in [0.25, 0.3) is 11.5 Å². The van der Waals surface area contributed by atoms with E-state index < -0.39 is 17.9 Å². The maximum atomic E-state index is 13.7. The molecule has 0 spiro atoms. The van der Waals surface area contributed by atoms with Crippen LogP contribution in [0.3, 0.4) is 0 Å². The molecule has 1 aliphatic carbocycles. The fourth-order valence-electron chi connectivity index (χ4n) is 10.1. The van der Waals surface area contributed by atoms with Crippen molar-refractivity contribution < 1.29 is 34.4 Å². The number of halogens is 1. The van der Waals surface area contributed by atoms with E-state index >= 15 is 0 Å². The van der Waals surface area contributed by atoms with Gasteiger partial charge in [0.05, 0.1) is 45.7 Å². The molecule has 3 fully saturated rings. The van der Waals surface area contributed by atoms with Crippen molar-refractivity contribution in [1.82, 2.24) is 39.8 Å². The number of cyclic esters (lactones) is 1. The Hall–Kier alpha value is -6.20. The highest BCUT2D eigenvalue weighted by Crippen LogP contribution is 2.40. The molecule has 5 aliphatic rings. The van der Waals surface area contributed by atoms with Gasteiger partial charge in [-0.15, -0.1) is 10.2 Å². The number of aliphatic hydroxyl groups excluding tert-OH is 1. The number of hydrogen-bond donors (Lipinski definition) is 4. The summed E-state index contributed by atoms with van der Waals surface area (Å²) in [6.45, 7) is 7.27. The summed E-state index contributed by atoms with van der Waals surface area (Å²) in [4.78, 5) is 52.8. The van der Waals surface area contributed by atoms with Crippen molar-refractivity contribution in [2.45, 2.75) is 82.8 Å². The molecular weight excluding hydrogens is 880 g/mol. The third-order valence-corrected chi connectivity index (χ3v) is 14.4. The van der Waals surface area contributed by atoms with Gasteiger partial charge in [0.15, 0.2) is 23.5 Å². The van der Waals surface area contributed by atoms with Gasteiger partial charge in [-0.25, -0.2) is 9.78 Å². The molecule has 0 bridgehead atoms. The molecule has 2 saturated heterocycles. The van der Waals surface area contributed by atoms with Gasteiger partial charge in [-0.2, -0.15) is 5.26 Å². The van der Waals surface area contributed by atoms with Crippen molar-refractivity contribution in [2.75, 3.05) is 57.3 Å².